The number of aromatic nitrogens is 1. The molecule has 0 saturated heterocycles. The lowest BCUT2D eigenvalue weighted by Gasteiger charge is -2.20. The van der Waals surface area contributed by atoms with Gasteiger partial charge in [0.15, 0.2) is 0 Å². The number of carbonyl (C=O) groups excluding carboxylic acids is 2. The number of urea groups is 1. The van der Waals surface area contributed by atoms with E-state index in [0.717, 1.165) is 0 Å². The molecule has 1 aromatic heterocycles. The van der Waals surface area contributed by atoms with Crippen LogP contribution in [0.2, 0.25) is 0 Å². The summed E-state index contributed by atoms with van der Waals surface area (Å²) in [5, 5.41) is 11.3. The van der Waals surface area contributed by atoms with Gasteiger partial charge in [0.2, 0.25) is 5.91 Å². The lowest BCUT2D eigenvalue weighted by atomic mass is 10.1. The van der Waals surface area contributed by atoms with Crippen molar-refractivity contribution in [2.24, 2.45) is 5.73 Å². The summed E-state index contributed by atoms with van der Waals surface area (Å²) in [6, 6.07) is 1.54. The molecule has 0 aliphatic rings. The summed E-state index contributed by atoms with van der Waals surface area (Å²) in [5.74, 6) is -1.84. The Bertz CT molecular complexity index is 491. The zero-order chi connectivity index (χ0) is 15.1. The number of hydrogen-bond donors (Lipinski definition) is 3. The van der Waals surface area contributed by atoms with Gasteiger partial charge in [-0.25, -0.2) is 9.59 Å². The van der Waals surface area contributed by atoms with Crippen molar-refractivity contribution in [2.75, 3.05) is 11.9 Å². The first-order valence-electron chi connectivity index (χ1n) is 5.87. The van der Waals surface area contributed by atoms with Gasteiger partial charge in [0.25, 0.3) is 0 Å². The number of nitrogens with one attached hydrogen (secondary N) is 1. The van der Waals surface area contributed by atoms with Gasteiger partial charge in [-0.15, -0.1) is 0 Å². The average molecular weight is 280 g/mol. The van der Waals surface area contributed by atoms with Crippen molar-refractivity contribution in [3.63, 3.8) is 0 Å². The lowest BCUT2D eigenvalue weighted by Crippen LogP contribution is -2.47. The van der Waals surface area contributed by atoms with E-state index in [2.05, 4.69) is 10.3 Å². The summed E-state index contributed by atoms with van der Waals surface area (Å²) in [5.41, 5.74) is 5.48. The van der Waals surface area contributed by atoms with Crippen LogP contribution in [0.1, 0.15) is 12.8 Å². The van der Waals surface area contributed by atoms with Crippen LogP contribution in [0.25, 0.3) is 0 Å². The molecule has 0 aliphatic carbocycles. The van der Waals surface area contributed by atoms with Crippen molar-refractivity contribution in [3.05, 3.63) is 24.5 Å². The van der Waals surface area contributed by atoms with Gasteiger partial charge < -0.3 is 16.2 Å². The zero-order valence-electron chi connectivity index (χ0n) is 10.9. The largest absolute Gasteiger partial charge is 0.480 e. The first-order chi connectivity index (χ1) is 9.41. The fourth-order valence-corrected chi connectivity index (χ4v) is 1.46. The Labute approximate surface area is 115 Å². The molecule has 0 saturated carbocycles. The van der Waals surface area contributed by atoms with Crippen LogP contribution in [0.15, 0.2) is 24.5 Å². The number of pyridine rings is 1. The van der Waals surface area contributed by atoms with Crippen LogP contribution in [0, 0.1) is 0 Å². The van der Waals surface area contributed by atoms with Gasteiger partial charge in [-0.1, -0.05) is 0 Å². The van der Waals surface area contributed by atoms with E-state index in [-0.39, 0.29) is 12.8 Å². The van der Waals surface area contributed by atoms with Crippen LogP contribution in [0.3, 0.4) is 0 Å². The molecular formula is C12H16N4O4. The van der Waals surface area contributed by atoms with E-state index in [0.29, 0.717) is 5.69 Å². The SMILES string of the molecule is CN(C(=O)N[C@@H](CCC(N)=O)C(=O)O)c1cccnc1. The number of aliphatic carboxylic acids is 1. The highest BCUT2D eigenvalue weighted by Gasteiger charge is 2.22. The number of rotatable bonds is 6. The summed E-state index contributed by atoms with van der Waals surface area (Å²) >= 11 is 0. The Morgan fingerprint density at radius 1 is 1.50 bits per heavy atom. The number of nitrogens with zero attached hydrogens (tertiary/aromatic N) is 2. The van der Waals surface area contributed by atoms with Gasteiger partial charge in [-0.2, -0.15) is 0 Å². The Hall–Kier alpha value is -2.64. The normalized spacial score (nSPS) is 11.4. The average Bonchev–Trinajstić information content (AvgIpc) is 2.42. The molecule has 0 aliphatic heterocycles. The summed E-state index contributed by atoms with van der Waals surface area (Å²) in [7, 11) is 1.49. The van der Waals surface area contributed by atoms with E-state index in [1.165, 1.54) is 18.1 Å². The van der Waals surface area contributed by atoms with Gasteiger partial charge in [-0.3, -0.25) is 14.7 Å². The fraction of sp³-hybridized carbons (Fsp3) is 0.333. The fourth-order valence-electron chi connectivity index (χ4n) is 1.46. The molecule has 0 spiro atoms. The highest BCUT2D eigenvalue weighted by molar-refractivity contribution is 5.93. The van der Waals surface area contributed by atoms with E-state index < -0.39 is 23.9 Å². The number of carbonyl (C=O) groups is 3. The molecular weight excluding hydrogens is 264 g/mol. The van der Waals surface area contributed by atoms with Crippen LogP contribution in [-0.2, 0) is 9.59 Å². The van der Waals surface area contributed by atoms with Crippen molar-refractivity contribution in [1.29, 1.82) is 0 Å². The topological polar surface area (TPSA) is 126 Å². The van der Waals surface area contributed by atoms with Gasteiger partial charge in [0, 0.05) is 19.7 Å². The molecule has 20 heavy (non-hydrogen) atoms. The Kier molecular flexibility index (Phi) is 5.45. The summed E-state index contributed by atoms with van der Waals surface area (Å²) in [4.78, 5) is 38.7. The summed E-state index contributed by atoms with van der Waals surface area (Å²) < 4.78 is 0. The standard InChI is InChI=1S/C12H16N4O4/c1-16(8-3-2-6-14-7-8)12(20)15-9(11(18)19)4-5-10(13)17/h2-3,6-7,9H,4-5H2,1H3,(H2,13,17)(H,15,20)(H,18,19)/t9-/m0/s1. The smallest absolute Gasteiger partial charge is 0.326 e. The number of carboxylic acid groups (broad SMARTS) is 1. The molecule has 1 heterocycles. The number of amides is 3. The highest BCUT2D eigenvalue weighted by Crippen LogP contribution is 2.09. The van der Waals surface area contributed by atoms with Gasteiger partial charge in [0.1, 0.15) is 6.04 Å². The van der Waals surface area contributed by atoms with E-state index in [1.807, 2.05) is 0 Å². The molecule has 8 nitrogen and oxygen atoms in total. The summed E-state index contributed by atoms with van der Waals surface area (Å²) in [6.45, 7) is 0. The molecule has 0 bridgehead atoms. The second kappa shape index (κ2) is 7.07. The summed E-state index contributed by atoms with van der Waals surface area (Å²) in [6.07, 6.45) is 2.85. The third-order valence-electron chi connectivity index (χ3n) is 2.61. The molecule has 1 atom stereocenters. The first-order valence-corrected chi connectivity index (χ1v) is 5.87. The zero-order valence-corrected chi connectivity index (χ0v) is 10.9. The lowest BCUT2D eigenvalue weighted by molar-refractivity contribution is -0.139. The van der Waals surface area contributed by atoms with E-state index in [4.69, 9.17) is 10.8 Å². The van der Waals surface area contributed by atoms with Crippen molar-refractivity contribution >= 4 is 23.6 Å². The molecule has 8 heteroatoms. The molecule has 0 aromatic carbocycles. The second-order valence-electron chi connectivity index (χ2n) is 4.12. The Morgan fingerprint density at radius 2 is 2.20 bits per heavy atom. The Balaban J connectivity index is 2.66. The monoisotopic (exact) mass is 280 g/mol. The molecule has 3 amide bonds. The van der Waals surface area contributed by atoms with Crippen molar-refractivity contribution < 1.29 is 19.5 Å². The first kappa shape index (κ1) is 15.4. The predicted molar refractivity (Wildman–Crippen MR) is 71.0 cm³/mol. The van der Waals surface area contributed by atoms with Crippen LogP contribution < -0.4 is 16.0 Å². The molecule has 0 unspecified atom stereocenters. The maximum atomic E-state index is 11.9. The maximum Gasteiger partial charge on any atom is 0.326 e. The van der Waals surface area contributed by atoms with E-state index in [1.54, 1.807) is 18.3 Å². The third-order valence-corrected chi connectivity index (χ3v) is 2.61. The quantitative estimate of drug-likeness (QED) is 0.673. The number of primary amides is 1. The molecule has 108 valence electrons. The number of hydrogen-bond acceptors (Lipinski definition) is 4. The van der Waals surface area contributed by atoms with Crippen molar-refractivity contribution in [2.45, 2.75) is 18.9 Å². The highest BCUT2D eigenvalue weighted by atomic mass is 16.4. The van der Waals surface area contributed by atoms with Gasteiger partial charge in [-0.05, 0) is 18.6 Å². The molecule has 0 fully saturated rings. The number of carboxylic acids is 1. The van der Waals surface area contributed by atoms with Gasteiger partial charge >= 0.3 is 12.0 Å². The number of nitrogens with two attached hydrogens (primary N) is 1. The molecule has 0 radical (unpaired) electrons. The van der Waals surface area contributed by atoms with Crippen molar-refractivity contribution in [3.8, 4) is 0 Å². The third kappa shape index (κ3) is 4.56. The molecule has 1 aromatic rings. The molecule has 1 rings (SSSR count). The van der Waals surface area contributed by atoms with Crippen molar-refractivity contribution in [1.82, 2.24) is 10.3 Å². The minimum Gasteiger partial charge on any atom is -0.480 e. The second-order valence-corrected chi connectivity index (χ2v) is 4.12. The minimum absolute atomic E-state index is 0.0582. The maximum absolute atomic E-state index is 11.9. The van der Waals surface area contributed by atoms with Gasteiger partial charge in [0.05, 0.1) is 11.9 Å². The number of anilines is 1. The van der Waals surface area contributed by atoms with Crippen LogP contribution in [0.5, 0.6) is 0 Å². The van der Waals surface area contributed by atoms with Crippen LogP contribution >= 0.6 is 0 Å². The van der Waals surface area contributed by atoms with E-state index in [9.17, 15) is 14.4 Å². The van der Waals surface area contributed by atoms with Crippen LogP contribution in [-0.4, -0.2) is 41.1 Å². The predicted octanol–water partition coefficient (Wildman–Crippen LogP) is -0.0539. The van der Waals surface area contributed by atoms with E-state index >= 15 is 0 Å². The molecule has 4 N–H and O–H groups in total. The minimum atomic E-state index is -1.22. The van der Waals surface area contributed by atoms with Crippen LogP contribution in [0.4, 0.5) is 10.5 Å². The Morgan fingerprint density at radius 3 is 2.70 bits per heavy atom.